The molecule has 0 aliphatic rings. The van der Waals surface area contributed by atoms with Crippen molar-refractivity contribution < 1.29 is 24.2 Å². The number of aliphatic carboxylic acids is 1. The Kier molecular flexibility index (Phi) is 7.16. The molecule has 0 saturated heterocycles. The van der Waals surface area contributed by atoms with Gasteiger partial charge in [0.25, 0.3) is 5.91 Å². The van der Waals surface area contributed by atoms with E-state index in [0.29, 0.717) is 5.56 Å². The molecule has 0 aliphatic carbocycles. The van der Waals surface area contributed by atoms with Crippen LogP contribution in [0.3, 0.4) is 0 Å². The van der Waals surface area contributed by atoms with E-state index in [-0.39, 0.29) is 17.8 Å². The zero-order valence-electron chi connectivity index (χ0n) is 18.0. The number of nitrogens with one attached hydrogen (secondary N) is 3. The van der Waals surface area contributed by atoms with Gasteiger partial charge in [0.2, 0.25) is 0 Å². The number of carbonyl (C=O) groups excluding carboxylic acids is 2. The Morgan fingerprint density at radius 2 is 1.81 bits per heavy atom. The number of rotatable bonds is 6. The summed E-state index contributed by atoms with van der Waals surface area (Å²) in [6, 6.07) is 4.00. The first-order valence-corrected chi connectivity index (χ1v) is 9.56. The Morgan fingerprint density at radius 1 is 1.19 bits per heavy atom. The number of aromatic amines is 1. The Hall–Kier alpha value is -3.69. The molecule has 10 heteroatoms. The number of H-pyrrole nitrogens is 1. The summed E-state index contributed by atoms with van der Waals surface area (Å²) in [5.74, 6) is -1.89. The average molecular weight is 430 g/mol. The second kappa shape index (κ2) is 9.41. The van der Waals surface area contributed by atoms with Crippen molar-refractivity contribution >= 4 is 23.8 Å². The van der Waals surface area contributed by atoms with E-state index in [1.54, 1.807) is 46.8 Å². The van der Waals surface area contributed by atoms with Gasteiger partial charge in [0.05, 0.1) is 0 Å². The van der Waals surface area contributed by atoms with Gasteiger partial charge in [-0.25, -0.2) is 14.4 Å². The van der Waals surface area contributed by atoms with E-state index in [4.69, 9.17) is 4.74 Å². The molecule has 2 amide bonds. The number of carboxylic acid groups (broad SMARTS) is 1. The number of amides is 2. The lowest BCUT2D eigenvalue weighted by Crippen LogP contribution is -2.45. The standard InChI is InChI=1S/C21H26N4O6/c1-11-7-6-8-12(2)15(11)17(26)24-16-13(10-22-19(29)25-16)9-14(18(27)28)23-20(30)31-21(3,4)5/h6-8,10,14H,9H2,1-5H3,(H,23,30)(H,27,28)(H2,22,24,25,26,29)/t14-/m0/s1. The highest BCUT2D eigenvalue weighted by Gasteiger charge is 2.26. The van der Waals surface area contributed by atoms with Crippen molar-refractivity contribution in [3.05, 3.63) is 57.1 Å². The van der Waals surface area contributed by atoms with Gasteiger partial charge < -0.3 is 25.5 Å². The van der Waals surface area contributed by atoms with E-state index < -0.39 is 35.3 Å². The number of anilines is 1. The van der Waals surface area contributed by atoms with Gasteiger partial charge in [0.15, 0.2) is 0 Å². The summed E-state index contributed by atoms with van der Waals surface area (Å²) in [5.41, 5.74) is 0.599. The van der Waals surface area contributed by atoms with Gasteiger partial charge in [-0.2, -0.15) is 4.98 Å². The van der Waals surface area contributed by atoms with Gasteiger partial charge in [-0.1, -0.05) is 18.2 Å². The third-order valence-corrected chi connectivity index (χ3v) is 4.24. The fraction of sp³-hybridized carbons (Fsp3) is 0.381. The highest BCUT2D eigenvalue weighted by Crippen LogP contribution is 2.18. The molecule has 0 aliphatic heterocycles. The lowest BCUT2D eigenvalue weighted by Gasteiger charge is -2.22. The van der Waals surface area contributed by atoms with Crippen LogP contribution in [0.4, 0.5) is 10.6 Å². The molecule has 2 rings (SSSR count). The maximum absolute atomic E-state index is 12.8. The quantitative estimate of drug-likeness (QED) is 0.548. The smallest absolute Gasteiger partial charge is 0.408 e. The second-order valence-corrected chi connectivity index (χ2v) is 8.04. The van der Waals surface area contributed by atoms with Crippen LogP contribution >= 0.6 is 0 Å². The van der Waals surface area contributed by atoms with Crippen LogP contribution in [0, 0.1) is 13.8 Å². The molecule has 31 heavy (non-hydrogen) atoms. The highest BCUT2D eigenvalue weighted by atomic mass is 16.6. The summed E-state index contributed by atoms with van der Waals surface area (Å²) in [7, 11) is 0. The molecule has 10 nitrogen and oxygen atoms in total. The summed E-state index contributed by atoms with van der Waals surface area (Å²) in [4.78, 5) is 54.3. The van der Waals surface area contributed by atoms with Gasteiger partial charge in [-0.15, -0.1) is 0 Å². The van der Waals surface area contributed by atoms with Crippen LogP contribution in [0.15, 0.2) is 29.2 Å². The van der Waals surface area contributed by atoms with Gasteiger partial charge in [-0.05, 0) is 45.7 Å². The summed E-state index contributed by atoms with van der Waals surface area (Å²) in [6.45, 7) is 8.50. The molecule has 4 N–H and O–H groups in total. The number of carbonyl (C=O) groups is 3. The number of hydrogen-bond donors (Lipinski definition) is 4. The number of alkyl carbamates (subject to hydrolysis) is 1. The summed E-state index contributed by atoms with van der Waals surface area (Å²) < 4.78 is 5.10. The molecule has 0 unspecified atom stereocenters. The van der Waals surface area contributed by atoms with E-state index in [0.717, 1.165) is 11.1 Å². The Labute approximate surface area is 179 Å². The van der Waals surface area contributed by atoms with Crippen molar-refractivity contribution in [2.45, 2.75) is 52.7 Å². The molecular weight excluding hydrogens is 404 g/mol. The van der Waals surface area contributed by atoms with Crippen LogP contribution < -0.4 is 16.3 Å². The Morgan fingerprint density at radius 3 is 2.35 bits per heavy atom. The van der Waals surface area contributed by atoms with E-state index in [1.807, 2.05) is 6.07 Å². The van der Waals surface area contributed by atoms with Gasteiger partial charge in [0.1, 0.15) is 17.5 Å². The average Bonchev–Trinajstić information content (AvgIpc) is 2.61. The maximum atomic E-state index is 12.8. The van der Waals surface area contributed by atoms with Crippen LogP contribution in [0.2, 0.25) is 0 Å². The fourth-order valence-electron chi connectivity index (χ4n) is 2.90. The first-order chi connectivity index (χ1) is 14.4. The summed E-state index contributed by atoms with van der Waals surface area (Å²) in [5, 5.41) is 14.4. The lowest BCUT2D eigenvalue weighted by molar-refractivity contribution is -0.139. The summed E-state index contributed by atoms with van der Waals surface area (Å²) >= 11 is 0. The molecule has 0 saturated carbocycles. The SMILES string of the molecule is Cc1cccc(C)c1C(=O)Nc1nc(=O)[nH]cc1C[C@H](NC(=O)OC(C)(C)C)C(=O)O. The zero-order chi connectivity index (χ0) is 23.3. The number of nitrogens with zero attached hydrogens (tertiary/aromatic N) is 1. The summed E-state index contributed by atoms with van der Waals surface area (Å²) in [6.07, 6.45) is 0.0988. The zero-order valence-corrected chi connectivity index (χ0v) is 18.0. The molecule has 1 aromatic heterocycles. The molecule has 0 radical (unpaired) electrons. The number of hydrogen-bond acceptors (Lipinski definition) is 6. The normalized spacial score (nSPS) is 12.0. The number of benzene rings is 1. The fourth-order valence-corrected chi connectivity index (χ4v) is 2.90. The van der Waals surface area contributed by atoms with E-state index in [1.165, 1.54) is 6.20 Å². The van der Waals surface area contributed by atoms with Crippen molar-refractivity contribution in [3.63, 3.8) is 0 Å². The number of carboxylic acids is 1. The van der Waals surface area contributed by atoms with Crippen molar-refractivity contribution in [1.29, 1.82) is 0 Å². The number of aromatic nitrogens is 2. The van der Waals surface area contributed by atoms with Crippen LogP contribution in [-0.4, -0.2) is 44.7 Å². The topological polar surface area (TPSA) is 150 Å². The molecule has 1 atom stereocenters. The number of ether oxygens (including phenoxy) is 1. The molecule has 166 valence electrons. The molecule has 0 spiro atoms. The van der Waals surface area contributed by atoms with Crippen molar-refractivity contribution in [2.24, 2.45) is 0 Å². The monoisotopic (exact) mass is 430 g/mol. The first kappa shape index (κ1) is 23.6. The first-order valence-electron chi connectivity index (χ1n) is 9.56. The van der Waals surface area contributed by atoms with Crippen LogP contribution in [0.25, 0.3) is 0 Å². The van der Waals surface area contributed by atoms with Crippen molar-refractivity contribution in [1.82, 2.24) is 15.3 Å². The van der Waals surface area contributed by atoms with Gasteiger partial charge in [0, 0.05) is 23.7 Å². The minimum absolute atomic E-state index is 0.0892. The van der Waals surface area contributed by atoms with Crippen LogP contribution in [-0.2, 0) is 16.0 Å². The second-order valence-electron chi connectivity index (χ2n) is 8.04. The molecule has 0 bridgehead atoms. The molecule has 1 aromatic carbocycles. The van der Waals surface area contributed by atoms with Crippen LogP contribution in [0.5, 0.6) is 0 Å². The third kappa shape index (κ3) is 6.66. The molecular formula is C21H26N4O6. The van der Waals surface area contributed by atoms with Crippen LogP contribution in [0.1, 0.15) is 47.8 Å². The Balaban J connectivity index is 2.29. The van der Waals surface area contributed by atoms with E-state index in [9.17, 15) is 24.3 Å². The predicted molar refractivity (Wildman–Crippen MR) is 113 cm³/mol. The predicted octanol–water partition coefficient (Wildman–Crippen LogP) is 2.16. The Bertz CT molecular complexity index is 1030. The molecule has 0 fully saturated rings. The van der Waals surface area contributed by atoms with Gasteiger partial charge in [-0.3, -0.25) is 4.79 Å². The lowest BCUT2D eigenvalue weighted by atomic mass is 10.0. The molecule has 2 aromatic rings. The highest BCUT2D eigenvalue weighted by molar-refractivity contribution is 6.06. The maximum Gasteiger partial charge on any atom is 0.408 e. The van der Waals surface area contributed by atoms with Crippen molar-refractivity contribution in [2.75, 3.05) is 5.32 Å². The van der Waals surface area contributed by atoms with Gasteiger partial charge >= 0.3 is 17.8 Å². The number of aryl methyl sites for hydroxylation is 2. The largest absolute Gasteiger partial charge is 0.480 e. The van der Waals surface area contributed by atoms with E-state index in [2.05, 4.69) is 20.6 Å². The van der Waals surface area contributed by atoms with Crippen molar-refractivity contribution in [3.8, 4) is 0 Å². The van der Waals surface area contributed by atoms with E-state index >= 15 is 0 Å². The minimum Gasteiger partial charge on any atom is -0.480 e. The third-order valence-electron chi connectivity index (χ3n) is 4.24. The molecule has 1 heterocycles. The minimum atomic E-state index is -1.38.